The van der Waals surface area contributed by atoms with E-state index in [1.54, 1.807) is 0 Å². The van der Waals surface area contributed by atoms with Crippen LogP contribution in [0.2, 0.25) is 0 Å². The van der Waals surface area contributed by atoms with Gasteiger partial charge in [-0.05, 0) is 38.8 Å². The molecule has 1 aliphatic carbocycles. The third-order valence-corrected chi connectivity index (χ3v) is 4.09. The van der Waals surface area contributed by atoms with E-state index in [-0.39, 0.29) is 5.75 Å². The first kappa shape index (κ1) is 11.9. The van der Waals surface area contributed by atoms with Gasteiger partial charge in [-0.2, -0.15) is 0 Å². The van der Waals surface area contributed by atoms with E-state index < -0.39 is 10.0 Å². The van der Waals surface area contributed by atoms with E-state index in [4.69, 9.17) is 0 Å². The SMILES string of the molecule is CNCCCS(=O)(=O)NCC1CCC1. The quantitative estimate of drug-likeness (QED) is 0.607. The van der Waals surface area contributed by atoms with Crippen molar-refractivity contribution >= 4 is 10.0 Å². The molecule has 0 saturated heterocycles. The molecule has 0 aromatic rings. The molecule has 4 nitrogen and oxygen atoms in total. The summed E-state index contributed by atoms with van der Waals surface area (Å²) in [5.74, 6) is 0.828. The molecule has 5 heteroatoms. The summed E-state index contributed by atoms with van der Waals surface area (Å²) in [6.45, 7) is 1.40. The minimum absolute atomic E-state index is 0.237. The van der Waals surface area contributed by atoms with Crippen LogP contribution in [0.25, 0.3) is 0 Å². The molecule has 1 rings (SSSR count). The van der Waals surface area contributed by atoms with Crippen LogP contribution in [0.15, 0.2) is 0 Å². The fourth-order valence-electron chi connectivity index (χ4n) is 1.45. The topological polar surface area (TPSA) is 58.2 Å². The van der Waals surface area contributed by atoms with E-state index in [9.17, 15) is 8.42 Å². The average molecular weight is 220 g/mol. The average Bonchev–Trinajstić information content (AvgIpc) is 2.01. The Kier molecular flexibility index (Phi) is 4.84. The Morgan fingerprint density at radius 2 is 2.07 bits per heavy atom. The van der Waals surface area contributed by atoms with E-state index in [2.05, 4.69) is 10.0 Å². The fraction of sp³-hybridized carbons (Fsp3) is 1.00. The summed E-state index contributed by atoms with van der Waals surface area (Å²) in [4.78, 5) is 0. The highest BCUT2D eigenvalue weighted by Gasteiger charge is 2.19. The maximum Gasteiger partial charge on any atom is 0.211 e. The van der Waals surface area contributed by atoms with Gasteiger partial charge in [0.15, 0.2) is 0 Å². The molecule has 14 heavy (non-hydrogen) atoms. The molecule has 1 fully saturated rings. The van der Waals surface area contributed by atoms with Crippen LogP contribution in [0, 0.1) is 5.92 Å². The first-order chi connectivity index (χ1) is 6.64. The number of hydrogen-bond donors (Lipinski definition) is 2. The highest BCUT2D eigenvalue weighted by molar-refractivity contribution is 7.89. The summed E-state index contributed by atoms with van der Waals surface area (Å²) in [6, 6.07) is 0. The smallest absolute Gasteiger partial charge is 0.211 e. The molecule has 2 N–H and O–H groups in total. The van der Waals surface area contributed by atoms with Crippen LogP contribution in [0.3, 0.4) is 0 Å². The van der Waals surface area contributed by atoms with Crippen molar-refractivity contribution in [2.24, 2.45) is 5.92 Å². The number of rotatable bonds is 7. The minimum atomic E-state index is -3.02. The van der Waals surface area contributed by atoms with E-state index in [0.717, 1.165) is 6.54 Å². The van der Waals surface area contributed by atoms with E-state index in [1.807, 2.05) is 7.05 Å². The van der Waals surface area contributed by atoms with Crippen molar-refractivity contribution in [3.05, 3.63) is 0 Å². The zero-order valence-corrected chi connectivity index (χ0v) is 9.57. The number of nitrogens with one attached hydrogen (secondary N) is 2. The van der Waals surface area contributed by atoms with Crippen LogP contribution in [-0.2, 0) is 10.0 Å². The molecule has 0 atom stereocenters. The standard InChI is InChI=1S/C9H20N2O2S/c1-10-6-3-7-14(12,13)11-8-9-4-2-5-9/h9-11H,2-8H2,1H3. The third kappa shape index (κ3) is 4.39. The second-order valence-corrected chi connectivity index (χ2v) is 5.85. The normalized spacial score (nSPS) is 18.1. The van der Waals surface area contributed by atoms with Gasteiger partial charge < -0.3 is 5.32 Å². The van der Waals surface area contributed by atoms with Gasteiger partial charge in [0.1, 0.15) is 0 Å². The Bertz CT molecular complexity index is 248. The first-order valence-electron chi connectivity index (χ1n) is 5.26. The summed E-state index contributed by atoms with van der Waals surface area (Å²) in [5, 5.41) is 2.94. The molecule has 1 aliphatic rings. The Morgan fingerprint density at radius 3 is 2.57 bits per heavy atom. The molecule has 0 aromatic carbocycles. The van der Waals surface area contributed by atoms with Crippen LogP contribution in [0.4, 0.5) is 0 Å². The Balaban J connectivity index is 2.12. The van der Waals surface area contributed by atoms with Gasteiger partial charge in [0.25, 0.3) is 0 Å². The molecule has 0 unspecified atom stereocenters. The van der Waals surface area contributed by atoms with E-state index >= 15 is 0 Å². The van der Waals surface area contributed by atoms with Gasteiger partial charge in [0.2, 0.25) is 10.0 Å². The van der Waals surface area contributed by atoms with Crippen LogP contribution in [-0.4, -0.2) is 34.3 Å². The second kappa shape index (κ2) is 5.68. The summed E-state index contributed by atoms with van der Waals surface area (Å²) in [6.07, 6.45) is 4.29. The summed E-state index contributed by atoms with van der Waals surface area (Å²) < 4.78 is 25.5. The zero-order valence-electron chi connectivity index (χ0n) is 8.75. The second-order valence-electron chi connectivity index (χ2n) is 3.92. The van der Waals surface area contributed by atoms with Crippen molar-refractivity contribution in [1.82, 2.24) is 10.0 Å². The van der Waals surface area contributed by atoms with Crippen molar-refractivity contribution in [2.75, 3.05) is 25.9 Å². The zero-order chi connectivity index (χ0) is 10.4. The highest BCUT2D eigenvalue weighted by Crippen LogP contribution is 2.25. The monoisotopic (exact) mass is 220 g/mol. The van der Waals surface area contributed by atoms with Crippen molar-refractivity contribution in [2.45, 2.75) is 25.7 Å². The maximum absolute atomic E-state index is 11.4. The number of sulfonamides is 1. The lowest BCUT2D eigenvalue weighted by Crippen LogP contribution is -2.34. The highest BCUT2D eigenvalue weighted by atomic mass is 32.2. The fourth-order valence-corrected chi connectivity index (χ4v) is 2.61. The third-order valence-electron chi connectivity index (χ3n) is 2.66. The van der Waals surface area contributed by atoms with Gasteiger partial charge in [0.05, 0.1) is 5.75 Å². The molecule has 0 aliphatic heterocycles. The Morgan fingerprint density at radius 1 is 1.36 bits per heavy atom. The van der Waals surface area contributed by atoms with Crippen LogP contribution in [0.1, 0.15) is 25.7 Å². The Labute approximate surface area is 86.5 Å². The molecule has 1 saturated carbocycles. The Hall–Kier alpha value is -0.130. The lowest BCUT2D eigenvalue weighted by Gasteiger charge is -2.25. The molecule has 0 spiro atoms. The summed E-state index contributed by atoms with van der Waals surface area (Å²) in [7, 11) is -1.19. The van der Waals surface area contributed by atoms with E-state index in [1.165, 1.54) is 19.3 Å². The van der Waals surface area contributed by atoms with Gasteiger partial charge >= 0.3 is 0 Å². The molecule has 0 aromatic heterocycles. The van der Waals surface area contributed by atoms with Crippen molar-refractivity contribution in [3.63, 3.8) is 0 Å². The molecule has 0 radical (unpaired) electrons. The molecule has 0 heterocycles. The van der Waals surface area contributed by atoms with Crippen LogP contribution >= 0.6 is 0 Å². The maximum atomic E-state index is 11.4. The summed E-state index contributed by atoms with van der Waals surface area (Å²) >= 11 is 0. The van der Waals surface area contributed by atoms with Gasteiger partial charge in [-0.1, -0.05) is 6.42 Å². The van der Waals surface area contributed by atoms with Crippen LogP contribution < -0.4 is 10.0 Å². The predicted molar refractivity (Wildman–Crippen MR) is 57.7 cm³/mol. The minimum Gasteiger partial charge on any atom is -0.320 e. The largest absolute Gasteiger partial charge is 0.320 e. The number of hydrogen-bond acceptors (Lipinski definition) is 3. The molecule has 84 valence electrons. The van der Waals surface area contributed by atoms with Gasteiger partial charge in [-0.25, -0.2) is 13.1 Å². The lowest BCUT2D eigenvalue weighted by molar-refractivity contribution is 0.316. The summed E-state index contributed by atoms with van der Waals surface area (Å²) in [5.41, 5.74) is 0. The molecule has 0 amide bonds. The van der Waals surface area contributed by atoms with Crippen molar-refractivity contribution < 1.29 is 8.42 Å². The van der Waals surface area contributed by atoms with Gasteiger partial charge in [0, 0.05) is 6.54 Å². The van der Waals surface area contributed by atoms with Gasteiger partial charge in [-0.3, -0.25) is 0 Å². The molecule has 0 bridgehead atoms. The van der Waals surface area contributed by atoms with Crippen LogP contribution in [0.5, 0.6) is 0 Å². The lowest BCUT2D eigenvalue weighted by atomic mass is 9.86. The van der Waals surface area contributed by atoms with E-state index in [0.29, 0.717) is 18.9 Å². The van der Waals surface area contributed by atoms with Gasteiger partial charge in [-0.15, -0.1) is 0 Å². The molecular weight excluding hydrogens is 200 g/mol. The first-order valence-corrected chi connectivity index (χ1v) is 6.91. The predicted octanol–water partition coefficient (Wildman–Crippen LogP) is 0.315. The van der Waals surface area contributed by atoms with Crippen molar-refractivity contribution in [3.8, 4) is 0 Å². The van der Waals surface area contributed by atoms with Crippen molar-refractivity contribution in [1.29, 1.82) is 0 Å². The molecular formula is C9H20N2O2S.